The van der Waals surface area contributed by atoms with Crippen molar-refractivity contribution in [1.82, 2.24) is 9.62 Å². The normalized spacial score (nSPS) is 17.2. The van der Waals surface area contributed by atoms with Crippen LogP contribution in [0.15, 0.2) is 46.8 Å². The summed E-state index contributed by atoms with van der Waals surface area (Å²) in [6.07, 6.45) is -3.72. The highest BCUT2D eigenvalue weighted by atomic mass is 32.2. The van der Waals surface area contributed by atoms with Gasteiger partial charge >= 0.3 is 12.5 Å². The minimum Gasteiger partial charge on any atom is -0.447 e. The summed E-state index contributed by atoms with van der Waals surface area (Å²) in [5.74, 6) is -0.793. The van der Waals surface area contributed by atoms with Gasteiger partial charge in [0.25, 0.3) is 5.91 Å². The largest absolute Gasteiger partial charge is 0.573 e. The van der Waals surface area contributed by atoms with Crippen LogP contribution >= 0.6 is 0 Å². The van der Waals surface area contributed by atoms with Crippen LogP contribution in [-0.2, 0) is 24.0 Å². The number of anilines is 1. The number of piperidine rings is 1. The number of carbonyl (C=O) groups is 2. The van der Waals surface area contributed by atoms with Crippen LogP contribution in [0.5, 0.6) is 5.75 Å². The van der Waals surface area contributed by atoms with Crippen molar-refractivity contribution in [2.45, 2.75) is 77.5 Å². The summed E-state index contributed by atoms with van der Waals surface area (Å²) in [4.78, 5) is 31.6. The van der Waals surface area contributed by atoms with E-state index in [0.717, 1.165) is 28.7 Å². The fourth-order valence-electron chi connectivity index (χ4n) is 5.44. The molecule has 16 heteroatoms. The first-order valence-electron chi connectivity index (χ1n) is 16.1. The Balaban J connectivity index is 1.37. The van der Waals surface area contributed by atoms with Gasteiger partial charge in [0.1, 0.15) is 23.7 Å². The molecule has 0 bridgehead atoms. The number of amides is 2. The van der Waals surface area contributed by atoms with Gasteiger partial charge in [-0.1, -0.05) is 32.9 Å². The summed E-state index contributed by atoms with van der Waals surface area (Å²) in [6, 6.07) is 8.67. The molecule has 0 aromatic heterocycles. The summed E-state index contributed by atoms with van der Waals surface area (Å²) >= 11 is 0. The van der Waals surface area contributed by atoms with Crippen molar-refractivity contribution >= 4 is 47.9 Å². The predicted molar refractivity (Wildman–Crippen MR) is 188 cm³/mol. The minimum atomic E-state index is -4.87. The lowest BCUT2D eigenvalue weighted by Gasteiger charge is -2.36. The van der Waals surface area contributed by atoms with Crippen molar-refractivity contribution in [3.63, 3.8) is 0 Å². The first-order valence-corrected chi connectivity index (χ1v) is 20.6. The topological polar surface area (TPSA) is 127 Å². The zero-order valence-electron chi connectivity index (χ0n) is 29.6. The Bertz CT molecular complexity index is 1760. The summed E-state index contributed by atoms with van der Waals surface area (Å²) in [5.41, 5.74) is 1.77. The van der Waals surface area contributed by atoms with Crippen molar-refractivity contribution in [3.8, 4) is 5.75 Å². The van der Waals surface area contributed by atoms with Gasteiger partial charge in [0.05, 0.1) is 6.61 Å². The van der Waals surface area contributed by atoms with Crippen molar-refractivity contribution in [2.24, 2.45) is 4.99 Å². The quantitative estimate of drug-likeness (QED) is 0.218. The maximum atomic E-state index is 13.3. The second-order valence-electron chi connectivity index (χ2n) is 14.0. The van der Waals surface area contributed by atoms with Crippen LogP contribution < -0.4 is 15.0 Å². The molecular weight excluding hydrogens is 694 g/mol. The lowest BCUT2D eigenvalue weighted by Crippen LogP contribution is -2.50. The molecule has 0 atom stereocenters. The summed E-state index contributed by atoms with van der Waals surface area (Å²) in [6.45, 7) is 14.8. The van der Waals surface area contributed by atoms with Gasteiger partial charge in [-0.3, -0.25) is 14.7 Å². The molecule has 2 aromatic carbocycles. The first kappa shape index (κ1) is 39.1. The van der Waals surface area contributed by atoms with E-state index in [-0.39, 0.29) is 49.0 Å². The Hall–Kier alpha value is -3.73. The standard InChI is InChI=1S/C34H45F3N4O7SSi/c1-23-20-26(40(6)31(43)46-17-18-47-50(7,8)32(3,4)5)21-24(2)28(23)12-19-49(44,45)41-15-13-33(14-16-41)30(42)38-29(39-33)25-10-9-11-27(22-25)48-34(35,36)37/h9-12,19-22H,13-18H2,1-8H3,(H,38,39,42)/b19-12+. The number of hydrogen-bond acceptors (Lipinski definition) is 8. The van der Waals surface area contributed by atoms with Crippen LogP contribution in [0, 0.1) is 13.8 Å². The number of benzene rings is 2. The molecule has 1 N–H and O–H groups in total. The average molecular weight is 739 g/mol. The van der Waals surface area contributed by atoms with E-state index in [1.165, 1.54) is 27.4 Å². The van der Waals surface area contributed by atoms with E-state index in [1.807, 2.05) is 13.8 Å². The number of rotatable bonds is 10. The van der Waals surface area contributed by atoms with E-state index in [9.17, 15) is 31.2 Å². The second-order valence-corrected chi connectivity index (χ2v) is 20.7. The average Bonchev–Trinajstić information content (AvgIpc) is 3.32. The number of amidine groups is 1. The maximum absolute atomic E-state index is 13.3. The molecule has 0 aliphatic carbocycles. The van der Waals surface area contributed by atoms with E-state index < -0.39 is 48.0 Å². The van der Waals surface area contributed by atoms with Crippen LogP contribution in [0.25, 0.3) is 6.08 Å². The van der Waals surface area contributed by atoms with Gasteiger partial charge in [-0.2, -0.15) is 4.31 Å². The SMILES string of the molecule is Cc1cc(N(C)C(=O)OCCO[Si](C)(C)C(C)(C)C)cc(C)c1/C=C/S(=O)(=O)N1CCC2(CC1)N=C(c1cccc(OC(F)(F)F)c1)NC2=O. The molecule has 2 heterocycles. The molecule has 2 aliphatic rings. The number of sulfonamides is 1. The van der Waals surface area contributed by atoms with Crippen LogP contribution in [0.3, 0.4) is 0 Å². The highest BCUT2D eigenvalue weighted by Crippen LogP contribution is 2.37. The summed E-state index contributed by atoms with van der Waals surface area (Å²) in [5, 5.41) is 3.80. The van der Waals surface area contributed by atoms with E-state index in [2.05, 4.69) is 48.9 Å². The van der Waals surface area contributed by atoms with Crippen LogP contribution in [-0.4, -0.2) is 84.1 Å². The number of halogens is 3. The Morgan fingerprint density at radius 1 is 1.08 bits per heavy atom. The minimum absolute atomic E-state index is 0.0127. The van der Waals surface area contributed by atoms with E-state index >= 15 is 0 Å². The lowest BCUT2D eigenvalue weighted by atomic mass is 9.89. The Morgan fingerprint density at radius 2 is 1.70 bits per heavy atom. The van der Waals surface area contributed by atoms with Crippen molar-refractivity contribution in [1.29, 1.82) is 0 Å². The third-order valence-electron chi connectivity index (χ3n) is 9.46. The molecule has 0 unspecified atom stereocenters. The first-order chi connectivity index (χ1) is 23.0. The maximum Gasteiger partial charge on any atom is 0.573 e. The highest BCUT2D eigenvalue weighted by molar-refractivity contribution is 7.92. The van der Waals surface area contributed by atoms with Gasteiger partial charge in [0, 0.05) is 36.8 Å². The molecule has 1 saturated heterocycles. The number of ether oxygens (including phenoxy) is 2. The van der Waals surface area contributed by atoms with Gasteiger partial charge < -0.3 is 19.2 Å². The molecule has 0 saturated carbocycles. The monoisotopic (exact) mass is 738 g/mol. The smallest absolute Gasteiger partial charge is 0.447 e. The fourth-order valence-corrected chi connectivity index (χ4v) is 7.63. The number of aryl methyl sites for hydroxylation is 2. The molecule has 2 aromatic rings. The van der Waals surface area contributed by atoms with Crippen LogP contribution in [0.1, 0.15) is 55.9 Å². The van der Waals surface area contributed by atoms with E-state index in [1.54, 1.807) is 19.2 Å². The number of nitrogens with zero attached hydrogens (tertiary/aromatic N) is 3. The third-order valence-corrected chi connectivity index (χ3v) is 15.6. The highest BCUT2D eigenvalue weighted by Gasteiger charge is 2.47. The van der Waals surface area contributed by atoms with Gasteiger partial charge in [0.15, 0.2) is 8.32 Å². The molecule has 1 spiro atoms. The van der Waals surface area contributed by atoms with Gasteiger partial charge in [-0.15, -0.1) is 13.2 Å². The zero-order valence-corrected chi connectivity index (χ0v) is 31.4. The Kier molecular flexibility index (Phi) is 11.3. The Labute approximate surface area is 292 Å². The molecule has 274 valence electrons. The second kappa shape index (κ2) is 14.5. The molecule has 4 rings (SSSR count). The molecule has 11 nitrogen and oxygen atoms in total. The number of hydrogen-bond donors (Lipinski definition) is 1. The summed E-state index contributed by atoms with van der Waals surface area (Å²) in [7, 11) is -4.24. The van der Waals surface area contributed by atoms with Crippen molar-refractivity contribution in [2.75, 3.05) is 38.3 Å². The fraction of sp³-hybridized carbons (Fsp3) is 0.500. The molecular formula is C34H45F3N4O7SSi. The van der Waals surface area contributed by atoms with E-state index in [4.69, 9.17) is 9.16 Å². The number of aliphatic imine (C=N–C) groups is 1. The third kappa shape index (κ3) is 9.13. The zero-order chi connectivity index (χ0) is 37.3. The lowest BCUT2D eigenvalue weighted by molar-refractivity contribution is -0.274. The number of carbonyl (C=O) groups excluding carboxylic acids is 2. The van der Waals surface area contributed by atoms with Crippen LogP contribution in [0.4, 0.5) is 23.7 Å². The summed E-state index contributed by atoms with van der Waals surface area (Å²) < 4.78 is 81.5. The van der Waals surface area contributed by atoms with E-state index in [0.29, 0.717) is 17.9 Å². The molecule has 2 amide bonds. The Morgan fingerprint density at radius 3 is 2.28 bits per heavy atom. The molecule has 2 aliphatic heterocycles. The van der Waals surface area contributed by atoms with Crippen LogP contribution in [0.2, 0.25) is 18.1 Å². The predicted octanol–water partition coefficient (Wildman–Crippen LogP) is 6.51. The van der Waals surface area contributed by atoms with Gasteiger partial charge in [-0.05, 0) is 91.9 Å². The van der Waals surface area contributed by atoms with Gasteiger partial charge in [0.2, 0.25) is 10.0 Å². The number of nitrogens with one attached hydrogen (secondary N) is 1. The van der Waals surface area contributed by atoms with Crippen molar-refractivity contribution in [3.05, 3.63) is 64.1 Å². The van der Waals surface area contributed by atoms with Gasteiger partial charge in [-0.25, -0.2) is 13.2 Å². The number of alkyl halides is 3. The molecule has 0 radical (unpaired) electrons. The molecule has 50 heavy (non-hydrogen) atoms. The van der Waals surface area contributed by atoms with Crippen molar-refractivity contribution < 1.29 is 45.1 Å². The molecule has 1 fully saturated rings.